The molecule has 2 heterocycles. The number of rotatable bonds is 2. The third kappa shape index (κ3) is 2.46. The Kier molecular flexibility index (Phi) is 3.53. The highest BCUT2D eigenvalue weighted by molar-refractivity contribution is 5.97. The third-order valence-corrected chi connectivity index (χ3v) is 4.23. The molecule has 21 heavy (non-hydrogen) atoms. The number of pyridine rings is 1. The lowest BCUT2D eigenvalue weighted by atomic mass is 9.95. The fraction of sp³-hybridized carbons (Fsp3) is 0.533. The predicted octanol–water partition coefficient (Wildman–Crippen LogP) is 1.63. The Morgan fingerprint density at radius 1 is 1.38 bits per heavy atom. The molecule has 2 aromatic rings. The monoisotopic (exact) mass is 288 g/mol. The molecule has 1 amide bonds. The highest BCUT2D eigenvalue weighted by atomic mass is 16.2. The summed E-state index contributed by atoms with van der Waals surface area (Å²) in [6, 6.07) is 0.191. The lowest BCUT2D eigenvalue weighted by molar-refractivity contribution is 0.0926. The number of hydrogen-bond donors (Lipinski definition) is 2. The van der Waals surface area contributed by atoms with E-state index in [1.807, 2.05) is 0 Å². The molecular weight excluding hydrogens is 268 g/mol. The van der Waals surface area contributed by atoms with Gasteiger partial charge in [0, 0.05) is 19.3 Å². The number of fused-ring (bicyclic) bond motifs is 1. The van der Waals surface area contributed by atoms with Gasteiger partial charge in [-0.05, 0) is 19.8 Å². The van der Waals surface area contributed by atoms with Gasteiger partial charge in [-0.15, -0.1) is 0 Å². The number of amides is 1. The Morgan fingerprint density at radius 2 is 2.10 bits per heavy atom. The van der Waals surface area contributed by atoms with E-state index >= 15 is 0 Å². The van der Waals surface area contributed by atoms with Gasteiger partial charge in [-0.1, -0.05) is 19.3 Å². The Labute approximate surface area is 122 Å². The summed E-state index contributed by atoms with van der Waals surface area (Å²) in [6.07, 6.45) is 7.00. The predicted molar refractivity (Wildman–Crippen MR) is 80.4 cm³/mol. The van der Waals surface area contributed by atoms with Crippen molar-refractivity contribution in [3.8, 4) is 0 Å². The third-order valence-electron chi connectivity index (χ3n) is 4.23. The summed E-state index contributed by atoms with van der Waals surface area (Å²) in [5.74, 6) is -0.284. The molecule has 0 unspecified atom stereocenters. The van der Waals surface area contributed by atoms with E-state index in [2.05, 4.69) is 15.4 Å². The van der Waals surface area contributed by atoms with Crippen molar-refractivity contribution in [1.29, 1.82) is 0 Å². The van der Waals surface area contributed by atoms with Crippen molar-refractivity contribution in [2.75, 3.05) is 0 Å². The number of H-pyrrole nitrogens is 1. The smallest absolute Gasteiger partial charge is 0.256 e. The topological polar surface area (TPSA) is 79.8 Å². The number of carbonyl (C=O) groups is 1. The van der Waals surface area contributed by atoms with E-state index in [1.54, 1.807) is 18.7 Å². The first-order chi connectivity index (χ1) is 10.1. The zero-order valence-electron chi connectivity index (χ0n) is 12.4. The van der Waals surface area contributed by atoms with E-state index in [4.69, 9.17) is 0 Å². The average Bonchev–Trinajstić information content (AvgIpc) is 2.76. The Bertz CT molecular complexity index is 738. The summed E-state index contributed by atoms with van der Waals surface area (Å²) in [4.78, 5) is 27.9. The number of hydrogen-bond acceptors (Lipinski definition) is 3. The van der Waals surface area contributed by atoms with Crippen LogP contribution in [0.15, 0.2) is 11.0 Å². The zero-order valence-corrected chi connectivity index (χ0v) is 12.4. The number of aromatic nitrogens is 3. The molecule has 0 spiro atoms. The van der Waals surface area contributed by atoms with Crippen LogP contribution in [-0.4, -0.2) is 26.7 Å². The van der Waals surface area contributed by atoms with Gasteiger partial charge in [-0.25, -0.2) is 0 Å². The fourth-order valence-electron chi connectivity index (χ4n) is 3.12. The molecular formula is C15H20N4O2. The summed E-state index contributed by atoms with van der Waals surface area (Å²) < 4.78 is 1.62. The summed E-state index contributed by atoms with van der Waals surface area (Å²) in [5, 5.41) is 7.70. The van der Waals surface area contributed by atoms with E-state index in [1.165, 1.54) is 12.6 Å². The van der Waals surface area contributed by atoms with Crippen LogP contribution in [0.5, 0.6) is 0 Å². The van der Waals surface area contributed by atoms with E-state index in [9.17, 15) is 9.59 Å². The molecule has 1 aliphatic carbocycles. The quantitative estimate of drug-likeness (QED) is 0.881. The highest BCUT2D eigenvalue weighted by Crippen LogP contribution is 2.18. The van der Waals surface area contributed by atoms with Crippen LogP contribution in [0.2, 0.25) is 0 Å². The molecule has 0 radical (unpaired) electrons. The average molecular weight is 288 g/mol. The maximum Gasteiger partial charge on any atom is 0.256 e. The molecule has 0 bridgehead atoms. The number of aromatic amines is 1. The summed E-state index contributed by atoms with van der Waals surface area (Å²) in [5.41, 5.74) is 1.21. The van der Waals surface area contributed by atoms with Crippen molar-refractivity contribution in [3.63, 3.8) is 0 Å². The van der Waals surface area contributed by atoms with Gasteiger partial charge in [0.25, 0.3) is 5.91 Å². The van der Waals surface area contributed by atoms with Crippen LogP contribution < -0.4 is 10.7 Å². The van der Waals surface area contributed by atoms with Crippen molar-refractivity contribution in [2.24, 2.45) is 7.05 Å². The lowest BCUT2D eigenvalue weighted by Gasteiger charge is -2.22. The number of nitrogens with zero attached hydrogens (tertiary/aromatic N) is 2. The molecule has 1 saturated carbocycles. The van der Waals surface area contributed by atoms with Crippen LogP contribution in [0, 0.1) is 6.92 Å². The lowest BCUT2D eigenvalue weighted by Crippen LogP contribution is -2.38. The molecule has 0 aromatic carbocycles. The molecule has 6 heteroatoms. The molecule has 2 aromatic heterocycles. The molecule has 1 aliphatic rings. The second kappa shape index (κ2) is 5.35. The van der Waals surface area contributed by atoms with E-state index in [0.717, 1.165) is 25.7 Å². The Morgan fingerprint density at radius 3 is 2.81 bits per heavy atom. The maximum atomic E-state index is 12.5. The minimum atomic E-state index is -0.284. The molecule has 1 fully saturated rings. The van der Waals surface area contributed by atoms with Gasteiger partial charge in [-0.3, -0.25) is 14.3 Å². The maximum absolute atomic E-state index is 12.5. The van der Waals surface area contributed by atoms with Crippen molar-refractivity contribution in [2.45, 2.75) is 45.1 Å². The molecule has 6 nitrogen and oxygen atoms in total. The van der Waals surface area contributed by atoms with Crippen molar-refractivity contribution in [3.05, 3.63) is 27.7 Å². The van der Waals surface area contributed by atoms with Gasteiger partial charge in [0.15, 0.2) is 0 Å². The second-order valence-electron chi connectivity index (χ2n) is 5.77. The van der Waals surface area contributed by atoms with Gasteiger partial charge in [0.2, 0.25) is 5.43 Å². The highest BCUT2D eigenvalue weighted by Gasteiger charge is 2.20. The van der Waals surface area contributed by atoms with Crippen LogP contribution in [0.3, 0.4) is 0 Å². The second-order valence-corrected chi connectivity index (χ2v) is 5.77. The SMILES string of the molecule is Cc1nn(C)c2[nH]cc(C(=O)NC3CCCCC3)c(=O)c12. The van der Waals surface area contributed by atoms with Gasteiger partial charge < -0.3 is 10.3 Å². The van der Waals surface area contributed by atoms with E-state index in [-0.39, 0.29) is 22.9 Å². The van der Waals surface area contributed by atoms with Crippen LogP contribution in [0.25, 0.3) is 11.0 Å². The first-order valence-corrected chi connectivity index (χ1v) is 7.44. The van der Waals surface area contributed by atoms with Crippen LogP contribution in [0.1, 0.15) is 48.2 Å². The molecule has 2 N–H and O–H groups in total. The summed E-state index contributed by atoms with van der Waals surface area (Å²) in [6.45, 7) is 1.78. The molecule has 0 aliphatic heterocycles. The van der Waals surface area contributed by atoms with Crippen molar-refractivity contribution < 1.29 is 4.79 Å². The first-order valence-electron chi connectivity index (χ1n) is 7.44. The van der Waals surface area contributed by atoms with Crippen molar-refractivity contribution in [1.82, 2.24) is 20.1 Å². The van der Waals surface area contributed by atoms with Gasteiger partial charge in [0.05, 0.1) is 11.1 Å². The molecule has 112 valence electrons. The minimum absolute atomic E-state index is 0.171. The molecule has 0 atom stereocenters. The molecule has 0 saturated heterocycles. The largest absolute Gasteiger partial charge is 0.349 e. The Balaban J connectivity index is 1.93. The van der Waals surface area contributed by atoms with Gasteiger partial charge in [-0.2, -0.15) is 5.10 Å². The standard InChI is InChI=1S/C15H20N4O2/c1-9-12-13(20)11(8-16-14(12)19(2)18-9)15(21)17-10-6-4-3-5-7-10/h8,10H,3-7H2,1-2H3,(H,16,20)(H,17,21). The summed E-state index contributed by atoms with van der Waals surface area (Å²) in [7, 11) is 1.77. The number of carbonyl (C=O) groups excluding carboxylic acids is 1. The van der Waals surface area contributed by atoms with Crippen molar-refractivity contribution >= 4 is 16.9 Å². The zero-order chi connectivity index (χ0) is 15.0. The normalized spacial score (nSPS) is 16.3. The van der Waals surface area contributed by atoms with E-state index < -0.39 is 0 Å². The fourth-order valence-corrected chi connectivity index (χ4v) is 3.12. The van der Waals surface area contributed by atoms with Crippen LogP contribution in [-0.2, 0) is 7.05 Å². The first kappa shape index (κ1) is 13.9. The van der Waals surface area contributed by atoms with Gasteiger partial charge >= 0.3 is 0 Å². The Hall–Kier alpha value is -2.11. The minimum Gasteiger partial charge on any atom is -0.349 e. The van der Waals surface area contributed by atoms with Gasteiger partial charge in [0.1, 0.15) is 11.2 Å². The van der Waals surface area contributed by atoms with Crippen LogP contribution >= 0.6 is 0 Å². The summed E-state index contributed by atoms with van der Waals surface area (Å²) >= 11 is 0. The molecule has 3 rings (SSSR count). The van der Waals surface area contributed by atoms with Crippen LogP contribution in [0.4, 0.5) is 0 Å². The number of aryl methyl sites for hydroxylation is 2. The number of nitrogens with one attached hydrogen (secondary N) is 2. The van der Waals surface area contributed by atoms with E-state index in [0.29, 0.717) is 16.7 Å².